The number of nitrogens with zero attached hydrogens (tertiary/aromatic N) is 3. The monoisotopic (exact) mass is 355 g/mol. The normalized spacial score (nSPS) is 12.8. The van der Waals surface area contributed by atoms with Crippen molar-refractivity contribution in [3.8, 4) is 22.3 Å². The fourth-order valence-electron chi connectivity index (χ4n) is 3.69. The number of nitrogens with one attached hydrogen (secondary N) is 2. The Morgan fingerprint density at radius 1 is 0.926 bits per heavy atom. The van der Waals surface area contributed by atoms with Crippen LogP contribution in [0.2, 0.25) is 0 Å². The molecule has 0 radical (unpaired) electrons. The maximum atomic E-state index is 4.63. The molecular formula is C22H21N5. The van der Waals surface area contributed by atoms with E-state index in [2.05, 4.69) is 56.8 Å². The highest BCUT2D eigenvalue weighted by atomic mass is 15.1. The molecule has 134 valence electrons. The van der Waals surface area contributed by atoms with Crippen LogP contribution < -0.4 is 10.2 Å². The number of fused-ring (bicyclic) bond motifs is 2. The number of hydrogen-bond donors (Lipinski definition) is 2. The van der Waals surface area contributed by atoms with E-state index in [-0.39, 0.29) is 0 Å². The quantitative estimate of drug-likeness (QED) is 0.574. The number of anilines is 2. The highest BCUT2D eigenvalue weighted by Gasteiger charge is 2.14. The van der Waals surface area contributed by atoms with Gasteiger partial charge in [-0.15, -0.1) is 0 Å². The molecule has 0 saturated heterocycles. The van der Waals surface area contributed by atoms with Crippen LogP contribution in [0, 0.1) is 0 Å². The first-order chi connectivity index (χ1) is 13.2. The van der Waals surface area contributed by atoms with Crippen molar-refractivity contribution < 1.29 is 0 Å². The number of hydrogen-bond acceptors (Lipinski definition) is 4. The first-order valence-corrected chi connectivity index (χ1v) is 9.17. The van der Waals surface area contributed by atoms with E-state index in [1.807, 2.05) is 37.5 Å². The van der Waals surface area contributed by atoms with Crippen LogP contribution in [0.25, 0.3) is 33.3 Å². The minimum absolute atomic E-state index is 0.908. The lowest BCUT2D eigenvalue weighted by Gasteiger charge is -2.11. The van der Waals surface area contributed by atoms with Gasteiger partial charge in [0, 0.05) is 67.0 Å². The Morgan fingerprint density at radius 3 is 2.59 bits per heavy atom. The molecule has 27 heavy (non-hydrogen) atoms. The van der Waals surface area contributed by atoms with E-state index in [0.29, 0.717) is 0 Å². The lowest BCUT2D eigenvalue weighted by atomic mass is 10.0. The second kappa shape index (κ2) is 6.13. The fourth-order valence-corrected chi connectivity index (χ4v) is 3.69. The van der Waals surface area contributed by atoms with Gasteiger partial charge < -0.3 is 15.2 Å². The van der Waals surface area contributed by atoms with Gasteiger partial charge in [0.2, 0.25) is 0 Å². The Kier molecular flexibility index (Phi) is 3.60. The SMILES string of the molecule is CN(C)c1ccc(-c2cnc3[nH]cc(-c4ccc5c(c4)CCN5)c3c2)cn1. The molecule has 5 heteroatoms. The predicted molar refractivity (Wildman–Crippen MR) is 111 cm³/mol. The summed E-state index contributed by atoms with van der Waals surface area (Å²) in [6.07, 6.45) is 6.95. The number of benzene rings is 1. The van der Waals surface area contributed by atoms with Gasteiger partial charge in [-0.1, -0.05) is 6.07 Å². The fraction of sp³-hybridized carbons (Fsp3) is 0.182. The zero-order valence-corrected chi connectivity index (χ0v) is 15.5. The molecule has 0 bridgehead atoms. The van der Waals surface area contributed by atoms with Crippen molar-refractivity contribution in [3.63, 3.8) is 0 Å². The van der Waals surface area contributed by atoms with Gasteiger partial charge in [0.15, 0.2) is 0 Å². The molecular weight excluding hydrogens is 334 g/mol. The van der Waals surface area contributed by atoms with E-state index in [9.17, 15) is 0 Å². The first-order valence-electron chi connectivity index (χ1n) is 9.17. The Hall–Kier alpha value is -3.34. The van der Waals surface area contributed by atoms with Crippen molar-refractivity contribution in [2.45, 2.75) is 6.42 Å². The van der Waals surface area contributed by atoms with Gasteiger partial charge in [0.1, 0.15) is 11.5 Å². The lowest BCUT2D eigenvalue weighted by molar-refractivity contribution is 1.07. The Balaban J connectivity index is 1.58. The van der Waals surface area contributed by atoms with Gasteiger partial charge >= 0.3 is 0 Å². The molecule has 5 nitrogen and oxygen atoms in total. The molecule has 0 amide bonds. The minimum atomic E-state index is 0.908. The Morgan fingerprint density at radius 2 is 1.78 bits per heavy atom. The molecule has 4 heterocycles. The molecule has 0 fully saturated rings. The maximum Gasteiger partial charge on any atom is 0.137 e. The zero-order valence-electron chi connectivity index (χ0n) is 15.5. The van der Waals surface area contributed by atoms with Crippen LogP contribution in [0.3, 0.4) is 0 Å². The standard InChI is InChI=1S/C22H21N5/c1-27(2)21-6-4-16(11-24-21)17-10-18-19(13-26-22(18)25-12-17)14-3-5-20-15(9-14)7-8-23-20/h3-6,9-13,23H,7-8H2,1-2H3,(H,25,26). The average Bonchev–Trinajstić information content (AvgIpc) is 3.33. The number of aromatic amines is 1. The average molecular weight is 355 g/mol. The van der Waals surface area contributed by atoms with Gasteiger partial charge in [0.05, 0.1) is 0 Å². The van der Waals surface area contributed by atoms with Crippen LogP contribution in [0.5, 0.6) is 0 Å². The molecule has 0 spiro atoms. The number of pyridine rings is 2. The molecule has 3 aromatic heterocycles. The summed E-state index contributed by atoms with van der Waals surface area (Å²) in [4.78, 5) is 14.5. The molecule has 1 aromatic carbocycles. The highest BCUT2D eigenvalue weighted by Crippen LogP contribution is 2.34. The number of H-pyrrole nitrogens is 1. The molecule has 4 aromatic rings. The lowest BCUT2D eigenvalue weighted by Crippen LogP contribution is -2.09. The Bertz CT molecular complexity index is 1130. The van der Waals surface area contributed by atoms with Gasteiger partial charge in [-0.2, -0.15) is 0 Å². The molecule has 5 rings (SSSR count). The zero-order chi connectivity index (χ0) is 18.4. The minimum Gasteiger partial charge on any atom is -0.384 e. The van der Waals surface area contributed by atoms with E-state index in [1.54, 1.807) is 0 Å². The second-order valence-electron chi connectivity index (χ2n) is 7.17. The van der Waals surface area contributed by atoms with Gasteiger partial charge in [-0.3, -0.25) is 0 Å². The molecule has 1 aliphatic heterocycles. The smallest absolute Gasteiger partial charge is 0.137 e. The summed E-state index contributed by atoms with van der Waals surface area (Å²) in [5.74, 6) is 0.946. The number of rotatable bonds is 3. The van der Waals surface area contributed by atoms with E-state index in [0.717, 1.165) is 40.9 Å². The third-order valence-electron chi connectivity index (χ3n) is 5.20. The third kappa shape index (κ3) is 2.72. The molecule has 0 aliphatic carbocycles. The second-order valence-corrected chi connectivity index (χ2v) is 7.17. The van der Waals surface area contributed by atoms with Gasteiger partial charge in [-0.25, -0.2) is 9.97 Å². The van der Waals surface area contributed by atoms with Crippen LogP contribution in [0.15, 0.2) is 55.0 Å². The summed E-state index contributed by atoms with van der Waals surface area (Å²) >= 11 is 0. The van der Waals surface area contributed by atoms with Crippen LogP contribution in [0.4, 0.5) is 11.5 Å². The van der Waals surface area contributed by atoms with Crippen LogP contribution in [-0.4, -0.2) is 35.6 Å². The molecule has 0 atom stereocenters. The number of aromatic nitrogens is 3. The topological polar surface area (TPSA) is 56.8 Å². The van der Waals surface area contributed by atoms with Crippen molar-refractivity contribution in [1.82, 2.24) is 15.0 Å². The van der Waals surface area contributed by atoms with Crippen LogP contribution >= 0.6 is 0 Å². The Labute approximate surface area is 158 Å². The van der Waals surface area contributed by atoms with E-state index < -0.39 is 0 Å². The van der Waals surface area contributed by atoms with Gasteiger partial charge in [0.25, 0.3) is 0 Å². The maximum absolute atomic E-state index is 4.63. The van der Waals surface area contributed by atoms with Crippen molar-refractivity contribution >= 4 is 22.5 Å². The van der Waals surface area contributed by atoms with Crippen LogP contribution in [-0.2, 0) is 6.42 Å². The summed E-state index contributed by atoms with van der Waals surface area (Å²) < 4.78 is 0. The summed E-state index contributed by atoms with van der Waals surface area (Å²) in [5.41, 5.74) is 8.10. The molecule has 0 unspecified atom stereocenters. The third-order valence-corrected chi connectivity index (χ3v) is 5.20. The summed E-state index contributed by atoms with van der Waals surface area (Å²) in [5, 5.41) is 4.56. The van der Waals surface area contributed by atoms with Crippen LogP contribution in [0.1, 0.15) is 5.56 Å². The van der Waals surface area contributed by atoms with Crippen molar-refractivity contribution in [2.75, 3.05) is 30.9 Å². The summed E-state index contributed by atoms with van der Waals surface area (Å²) in [7, 11) is 3.99. The van der Waals surface area contributed by atoms with Crippen molar-refractivity contribution in [2.24, 2.45) is 0 Å². The van der Waals surface area contributed by atoms with Crippen molar-refractivity contribution in [1.29, 1.82) is 0 Å². The molecule has 2 N–H and O–H groups in total. The largest absolute Gasteiger partial charge is 0.384 e. The van der Waals surface area contributed by atoms with E-state index >= 15 is 0 Å². The van der Waals surface area contributed by atoms with E-state index in [1.165, 1.54) is 22.4 Å². The predicted octanol–water partition coefficient (Wildman–Crippen LogP) is 4.33. The summed E-state index contributed by atoms with van der Waals surface area (Å²) in [6, 6.07) is 13.0. The molecule has 0 saturated carbocycles. The van der Waals surface area contributed by atoms with Crippen molar-refractivity contribution in [3.05, 3.63) is 60.6 Å². The summed E-state index contributed by atoms with van der Waals surface area (Å²) in [6.45, 7) is 1.02. The molecule has 1 aliphatic rings. The van der Waals surface area contributed by atoms with E-state index in [4.69, 9.17) is 0 Å². The van der Waals surface area contributed by atoms with Gasteiger partial charge in [-0.05, 0) is 47.9 Å². The highest BCUT2D eigenvalue weighted by molar-refractivity contribution is 5.96. The first kappa shape index (κ1) is 15.9.